The van der Waals surface area contributed by atoms with Gasteiger partial charge in [0.1, 0.15) is 0 Å². The Morgan fingerprint density at radius 3 is 3.10 bits per heavy atom. The molecule has 1 spiro atoms. The third-order valence-electron chi connectivity index (χ3n) is 4.99. The second kappa shape index (κ2) is 4.41. The summed E-state index contributed by atoms with van der Waals surface area (Å²) in [5.41, 5.74) is 5.61. The molecule has 2 heterocycles. The quantitative estimate of drug-likeness (QED) is 0.664. The van der Waals surface area contributed by atoms with Crippen LogP contribution in [0, 0.1) is 11.3 Å². The highest BCUT2D eigenvalue weighted by molar-refractivity contribution is 5.79. The molecule has 0 N–H and O–H groups in total. The molecular weight excluding hydrogens is 258 g/mol. The molecule has 2 aliphatic heterocycles. The summed E-state index contributed by atoms with van der Waals surface area (Å²) in [6.45, 7) is 4.27. The maximum absolute atomic E-state index is 9.13. The minimum absolute atomic E-state index is 0.0390. The lowest BCUT2D eigenvalue weighted by Crippen LogP contribution is -2.45. The van der Waals surface area contributed by atoms with Crippen LogP contribution in [0.1, 0.15) is 48.8 Å². The van der Waals surface area contributed by atoms with Gasteiger partial charge in [0, 0.05) is 24.8 Å². The zero-order valence-corrected chi connectivity index (χ0v) is 12.0. The molecule has 3 aliphatic rings. The molecule has 1 radical (unpaired) electrons. The zero-order chi connectivity index (χ0) is 14.4. The third-order valence-corrected chi connectivity index (χ3v) is 4.99. The molecular formula is C18H17N3+. The number of hydrogen-bond donors (Lipinski definition) is 0. The van der Waals surface area contributed by atoms with Gasteiger partial charge >= 0.3 is 0 Å². The molecule has 1 aromatic rings. The van der Waals surface area contributed by atoms with Gasteiger partial charge in [-0.15, -0.1) is 0 Å². The Morgan fingerprint density at radius 2 is 2.24 bits per heavy atom. The fraction of sp³-hybridized carbons (Fsp3) is 0.333. The topological polar surface area (TPSA) is 42.0 Å². The van der Waals surface area contributed by atoms with Gasteiger partial charge in [-0.3, -0.25) is 0 Å². The fourth-order valence-corrected chi connectivity index (χ4v) is 4.03. The third kappa shape index (κ3) is 1.66. The van der Waals surface area contributed by atoms with E-state index in [0.717, 1.165) is 30.4 Å². The summed E-state index contributed by atoms with van der Waals surface area (Å²) in [5, 5.41) is 9.13. The van der Waals surface area contributed by atoms with Crippen LogP contribution in [0.15, 0.2) is 41.7 Å². The first kappa shape index (κ1) is 12.6. The number of fused-ring (bicyclic) bond motifs is 4. The molecule has 1 fully saturated rings. The highest BCUT2D eigenvalue weighted by Crippen LogP contribution is 2.51. The predicted octanol–water partition coefficient (Wildman–Crippen LogP) is 3.77. The number of rotatable bonds is 0. The van der Waals surface area contributed by atoms with Crippen LogP contribution < -0.4 is 4.90 Å². The van der Waals surface area contributed by atoms with Crippen molar-refractivity contribution in [3.05, 3.63) is 53.4 Å². The van der Waals surface area contributed by atoms with E-state index in [1.54, 1.807) is 0 Å². The summed E-state index contributed by atoms with van der Waals surface area (Å²) in [7, 11) is 0. The lowest BCUT2D eigenvalue weighted by atomic mass is 9.85. The van der Waals surface area contributed by atoms with E-state index < -0.39 is 0 Å². The Morgan fingerprint density at radius 1 is 1.33 bits per heavy atom. The molecule has 1 atom stereocenters. The van der Waals surface area contributed by atoms with Crippen molar-refractivity contribution in [1.29, 1.82) is 5.26 Å². The molecule has 3 heteroatoms. The first-order valence-electron chi connectivity index (χ1n) is 7.49. The fourth-order valence-electron chi connectivity index (χ4n) is 4.03. The summed E-state index contributed by atoms with van der Waals surface area (Å²) < 4.78 is 0. The minimum atomic E-state index is -0.0390. The number of hydrogen-bond acceptors (Lipinski definition) is 3. The molecule has 1 aliphatic carbocycles. The monoisotopic (exact) mass is 275 g/mol. The van der Waals surface area contributed by atoms with Crippen molar-refractivity contribution in [3.8, 4) is 6.07 Å². The van der Waals surface area contributed by atoms with E-state index in [1.165, 1.54) is 24.1 Å². The van der Waals surface area contributed by atoms with Gasteiger partial charge in [-0.2, -0.15) is 5.26 Å². The number of nitriles is 1. The van der Waals surface area contributed by atoms with Gasteiger partial charge < -0.3 is 0 Å². The van der Waals surface area contributed by atoms with E-state index in [0.29, 0.717) is 5.56 Å². The summed E-state index contributed by atoms with van der Waals surface area (Å²) in [6.07, 6.45) is 9.55. The van der Waals surface area contributed by atoms with Crippen LogP contribution in [-0.4, -0.2) is 6.34 Å². The van der Waals surface area contributed by atoms with E-state index in [4.69, 9.17) is 5.26 Å². The van der Waals surface area contributed by atoms with Crippen LogP contribution in [0.25, 0.3) is 5.57 Å². The van der Waals surface area contributed by atoms with Crippen LogP contribution in [0.3, 0.4) is 0 Å². The van der Waals surface area contributed by atoms with Gasteiger partial charge in [-0.05, 0) is 36.1 Å². The number of aliphatic imine (C=N–C) groups is 1. The number of nitrogens with zero attached hydrogens (tertiary/aromatic N) is 3. The Balaban J connectivity index is 1.90. The number of benzene rings is 1. The first-order valence-corrected chi connectivity index (χ1v) is 7.49. The molecule has 1 unspecified atom stereocenters. The van der Waals surface area contributed by atoms with Crippen molar-refractivity contribution in [2.24, 2.45) is 4.99 Å². The molecule has 21 heavy (non-hydrogen) atoms. The van der Waals surface area contributed by atoms with E-state index in [2.05, 4.69) is 28.6 Å². The lowest BCUT2D eigenvalue weighted by molar-refractivity contribution is 0.310. The molecule has 1 aromatic carbocycles. The average Bonchev–Trinajstić information content (AvgIpc) is 3.03. The maximum atomic E-state index is 9.13. The Bertz CT molecular complexity index is 735. The molecule has 0 amide bonds. The lowest BCUT2D eigenvalue weighted by Gasteiger charge is -2.27. The van der Waals surface area contributed by atoms with Crippen LogP contribution in [0.4, 0.5) is 0 Å². The van der Waals surface area contributed by atoms with Crippen LogP contribution in [0.5, 0.6) is 0 Å². The van der Waals surface area contributed by atoms with Crippen LogP contribution >= 0.6 is 0 Å². The average molecular weight is 275 g/mol. The van der Waals surface area contributed by atoms with Gasteiger partial charge in [-0.1, -0.05) is 17.5 Å². The molecule has 1 saturated heterocycles. The summed E-state index contributed by atoms with van der Waals surface area (Å²) in [4.78, 5) is 6.74. The van der Waals surface area contributed by atoms with Crippen molar-refractivity contribution in [2.75, 3.05) is 0 Å². The second-order valence-electron chi connectivity index (χ2n) is 6.15. The van der Waals surface area contributed by atoms with Crippen molar-refractivity contribution in [3.63, 3.8) is 0 Å². The van der Waals surface area contributed by atoms with Gasteiger partial charge in [-0.25, -0.2) is 4.99 Å². The molecule has 0 saturated carbocycles. The van der Waals surface area contributed by atoms with Gasteiger partial charge in [0.15, 0.2) is 11.2 Å². The highest BCUT2D eigenvalue weighted by atomic mass is 15.3. The maximum Gasteiger partial charge on any atom is 0.245 e. The van der Waals surface area contributed by atoms with Gasteiger partial charge in [0.25, 0.3) is 0 Å². The standard InChI is InChI=1S/C18H17N3/c1-13-9-18(17-6-5-14(10-19)8-16(13)17)7-3-2-4-15-11-20-12-21(15)18/h5-6,8,11-12H,1-4,7,9H2/q+1. The van der Waals surface area contributed by atoms with Crippen molar-refractivity contribution in [2.45, 2.75) is 37.6 Å². The summed E-state index contributed by atoms with van der Waals surface area (Å²) in [5.74, 6) is 0. The van der Waals surface area contributed by atoms with E-state index >= 15 is 0 Å². The predicted molar refractivity (Wildman–Crippen MR) is 83.7 cm³/mol. The Labute approximate surface area is 124 Å². The van der Waals surface area contributed by atoms with Crippen molar-refractivity contribution < 1.29 is 0 Å². The van der Waals surface area contributed by atoms with E-state index in [9.17, 15) is 0 Å². The Kier molecular flexibility index (Phi) is 2.63. The smallest absolute Gasteiger partial charge is 0.201 e. The molecule has 4 rings (SSSR count). The Hall–Kier alpha value is -2.18. The van der Waals surface area contributed by atoms with Crippen molar-refractivity contribution >= 4 is 11.9 Å². The van der Waals surface area contributed by atoms with Crippen molar-refractivity contribution in [1.82, 2.24) is 4.90 Å². The highest BCUT2D eigenvalue weighted by Gasteiger charge is 2.55. The molecule has 103 valence electrons. The number of allylic oxidation sites excluding steroid dienone is 1. The van der Waals surface area contributed by atoms with Crippen LogP contribution in [0.2, 0.25) is 0 Å². The molecule has 0 bridgehead atoms. The van der Waals surface area contributed by atoms with Crippen LogP contribution in [-0.2, 0) is 5.54 Å². The van der Waals surface area contributed by atoms with Gasteiger partial charge in [0.2, 0.25) is 6.34 Å². The first-order chi connectivity index (χ1) is 10.2. The van der Waals surface area contributed by atoms with E-state index in [-0.39, 0.29) is 5.54 Å². The summed E-state index contributed by atoms with van der Waals surface area (Å²) in [6, 6.07) is 8.29. The van der Waals surface area contributed by atoms with E-state index in [1.807, 2.05) is 24.7 Å². The summed E-state index contributed by atoms with van der Waals surface area (Å²) >= 11 is 0. The zero-order valence-electron chi connectivity index (χ0n) is 12.0. The SMILES string of the molecule is C=C1CC2(CCCCC3=CN=C[N+]32)c2ccc(C#N)cc21. The molecule has 0 aromatic heterocycles. The normalized spacial score (nSPS) is 27.2. The molecule has 3 nitrogen and oxygen atoms in total. The second-order valence-corrected chi connectivity index (χ2v) is 6.15. The van der Waals surface area contributed by atoms with Gasteiger partial charge in [0.05, 0.1) is 17.8 Å². The largest absolute Gasteiger partial charge is 0.245 e. The minimum Gasteiger partial charge on any atom is -0.201 e.